The third kappa shape index (κ3) is 3.34. The third-order valence-corrected chi connectivity index (χ3v) is 2.53. The molecule has 1 aromatic carbocycles. The highest BCUT2D eigenvalue weighted by molar-refractivity contribution is 5.46. The summed E-state index contributed by atoms with van der Waals surface area (Å²) in [4.78, 5) is 0. The quantitative estimate of drug-likeness (QED) is 0.611. The topological polar surface area (TPSA) is 92.5 Å². The summed E-state index contributed by atoms with van der Waals surface area (Å²) in [5.41, 5.74) is 8.96. The Hall–Kier alpha value is -1.31. The van der Waals surface area contributed by atoms with Gasteiger partial charge in [-0.15, -0.1) is 0 Å². The van der Waals surface area contributed by atoms with Crippen LogP contribution in [0.3, 0.4) is 0 Å². The number of hydrogen-bond donors (Lipinski definition) is 4. The Bertz CT molecular complexity index is 410. The van der Waals surface area contributed by atoms with Crippen molar-refractivity contribution in [2.45, 2.75) is 24.8 Å². The number of hydrogen-bond acceptors (Lipinski definition) is 4. The molecule has 0 aliphatic heterocycles. The molecule has 2 atom stereocenters. The Kier molecular flexibility index (Phi) is 4.55. The molecule has 0 saturated heterocycles. The van der Waals surface area contributed by atoms with Crippen LogP contribution in [0.4, 0.5) is 18.9 Å². The summed E-state index contributed by atoms with van der Waals surface area (Å²) in [5, 5.41) is 19.2. The van der Waals surface area contributed by atoms with Gasteiger partial charge in [0.15, 0.2) is 0 Å². The average molecular weight is 264 g/mol. The van der Waals surface area contributed by atoms with Gasteiger partial charge in [0.05, 0.1) is 11.7 Å². The Balaban J connectivity index is 3.15. The fourth-order valence-electron chi connectivity index (χ4n) is 1.61. The van der Waals surface area contributed by atoms with E-state index in [9.17, 15) is 23.4 Å². The monoisotopic (exact) mass is 264 g/mol. The Morgan fingerprint density at radius 1 is 1.22 bits per heavy atom. The second-order valence-corrected chi connectivity index (χ2v) is 3.93. The highest BCUT2D eigenvalue weighted by Gasteiger charge is 2.36. The van der Waals surface area contributed by atoms with Gasteiger partial charge in [-0.2, -0.15) is 13.2 Å². The van der Waals surface area contributed by atoms with Crippen LogP contribution in [-0.2, 0) is 6.18 Å². The molecule has 0 aromatic heterocycles. The minimum atomic E-state index is -4.64. The first-order chi connectivity index (χ1) is 8.27. The molecule has 0 radical (unpaired) electrons. The molecule has 0 spiro atoms. The molecular weight excluding hydrogens is 249 g/mol. The van der Waals surface area contributed by atoms with E-state index in [1.54, 1.807) is 0 Å². The van der Waals surface area contributed by atoms with Crippen molar-refractivity contribution in [1.82, 2.24) is 0 Å². The lowest BCUT2D eigenvalue weighted by atomic mass is 9.96. The molecule has 1 rings (SSSR count). The summed E-state index contributed by atoms with van der Waals surface area (Å²) in [6, 6.07) is 3.03. The standard InChI is InChI=1S/C11H15F3N2O2/c12-11(13,14)8-5-6(16)1-2-7(8)10(18)9(17)3-4-15/h1-2,5,9-10,17-18H,3-4,15-16H2. The molecule has 0 aliphatic rings. The lowest BCUT2D eigenvalue weighted by molar-refractivity contribution is -0.139. The van der Waals surface area contributed by atoms with Gasteiger partial charge in [-0.1, -0.05) is 6.07 Å². The van der Waals surface area contributed by atoms with Gasteiger partial charge in [-0.25, -0.2) is 0 Å². The maximum Gasteiger partial charge on any atom is 0.416 e. The molecule has 18 heavy (non-hydrogen) atoms. The number of aliphatic hydroxyl groups is 2. The van der Waals surface area contributed by atoms with Crippen LogP contribution in [0.2, 0.25) is 0 Å². The van der Waals surface area contributed by atoms with E-state index in [1.165, 1.54) is 6.07 Å². The van der Waals surface area contributed by atoms with Crippen molar-refractivity contribution in [2.24, 2.45) is 5.73 Å². The smallest absolute Gasteiger partial charge is 0.399 e. The highest BCUT2D eigenvalue weighted by Crippen LogP contribution is 2.36. The molecule has 6 N–H and O–H groups in total. The minimum absolute atomic E-state index is 0.00282. The molecule has 0 bridgehead atoms. The molecule has 4 nitrogen and oxygen atoms in total. The molecule has 7 heteroatoms. The molecule has 102 valence electrons. The minimum Gasteiger partial charge on any atom is -0.399 e. The first kappa shape index (κ1) is 14.7. The lowest BCUT2D eigenvalue weighted by Gasteiger charge is -2.21. The number of aliphatic hydroxyl groups excluding tert-OH is 2. The van der Waals surface area contributed by atoms with Gasteiger partial charge in [0.2, 0.25) is 0 Å². The Morgan fingerprint density at radius 3 is 2.33 bits per heavy atom. The molecule has 2 unspecified atom stereocenters. The maximum absolute atomic E-state index is 12.8. The van der Waals surface area contributed by atoms with Crippen molar-refractivity contribution < 1.29 is 23.4 Å². The van der Waals surface area contributed by atoms with E-state index in [-0.39, 0.29) is 18.7 Å². The van der Waals surface area contributed by atoms with Crippen molar-refractivity contribution in [3.05, 3.63) is 29.3 Å². The Labute approximate surface area is 102 Å². The number of nitrogens with two attached hydrogens (primary N) is 2. The predicted molar refractivity (Wildman–Crippen MR) is 60.5 cm³/mol. The van der Waals surface area contributed by atoms with Crippen LogP contribution in [0.25, 0.3) is 0 Å². The van der Waals surface area contributed by atoms with E-state index in [4.69, 9.17) is 11.5 Å². The summed E-state index contributed by atoms with van der Waals surface area (Å²) in [5.74, 6) is 0. The first-order valence-electron chi connectivity index (χ1n) is 5.30. The largest absolute Gasteiger partial charge is 0.416 e. The zero-order chi connectivity index (χ0) is 13.9. The van der Waals surface area contributed by atoms with Crippen LogP contribution in [0.15, 0.2) is 18.2 Å². The SMILES string of the molecule is NCCC(O)C(O)c1ccc(N)cc1C(F)(F)F. The Morgan fingerprint density at radius 2 is 1.83 bits per heavy atom. The van der Waals surface area contributed by atoms with Crippen LogP contribution < -0.4 is 11.5 Å². The van der Waals surface area contributed by atoms with E-state index in [1.807, 2.05) is 0 Å². The number of rotatable bonds is 4. The van der Waals surface area contributed by atoms with Crippen LogP contribution in [0, 0.1) is 0 Å². The second kappa shape index (κ2) is 5.55. The first-order valence-corrected chi connectivity index (χ1v) is 5.30. The van der Waals surface area contributed by atoms with Gasteiger partial charge < -0.3 is 21.7 Å². The van der Waals surface area contributed by atoms with Crippen molar-refractivity contribution in [1.29, 1.82) is 0 Å². The van der Waals surface area contributed by atoms with Gasteiger partial charge in [0.25, 0.3) is 0 Å². The van der Waals surface area contributed by atoms with Crippen molar-refractivity contribution in [3.63, 3.8) is 0 Å². The third-order valence-electron chi connectivity index (χ3n) is 2.53. The van der Waals surface area contributed by atoms with Gasteiger partial charge in [-0.3, -0.25) is 0 Å². The zero-order valence-electron chi connectivity index (χ0n) is 9.48. The summed E-state index contributed by atoms with van der Waals surface area (Å²) in [6.45, 7) is 0.0640. The maximum atomic E-state index is 12.8. The molecule has 0 saturated carbocycles. The number of nitrogen functional groups attached to an aromatic ring is 1. The molecule has 0 heterocycles. The van der Waals surface area contributed by atoms with Crippen molar-refractivity contribution >= 4 is 5.69 Å². The van der Waals surface area contributed by atoms with Gasteiger partial charge in [0, 0.05) is 5.69 Å². The van der Waals surface area contributed by atoms with Gasteiger partial charge in [-0.05, 0) is 30.7 Å². The van der Waals surface area contributed by atoms with Crippen molar-refractivity contribution in [3.8, 4) is 0 Å². The van der Waals surface area contributed by atoms with Crippen LogP contribution in [-0.4, -0.2) is 22.9 Å². The van der Waals surface area contributed by atoms with E-state index < -0.39 is 29.5 Å². The van der Waals surface area contributed by atoms with Crippen LogP contribution >= 0.6 is 0 Å². The number of halogens is 3. The summed E-state index contributed by atoms with van der Waals surface area (Å²) >= 11 is 0. The molecular formula is C11H15F3N2O2. The number of alkyl halides is 3. The number of benzene rings is 1. The van der Waals surface area contributed by atoms with Gasteiger partial charge >= 0.3 is 6.18 Å². The normalized spacial score (nSPS) is 15.4. The highest BCUT2D eigenvalue weighted by atomic mass is 19.4. The lowest BCUT2D eigenvalue weighted by Crippen LogP contribution is -2.24. The summed E-state index contributed by atoms with van der Waals surface area (Å²) in [6.07, 6.45) is -7.64. The van der Waals surface area contributed by atoms with E-state index in [0.29, 0.717) is 0 Å². The molecule has 0 amide bonds. The fourth-order valence-corrected chi connectivity index (χ4v) is 1.61. The van der Waals surface area contributed by atoms with E-state index in [2.05, 4.69) is 0 Å². The second-order valence-electron chi connectivity index (χ2n) is 3.93. The average Bonchev–Trinajstić information content (AvgIpc) is 2.27. The van der Waals surface area contributed by atoms with Crippen LogP contribution in [0.1, 0.15) is 23.7 Å². The molecule has 1 aromatic rings. The zero-order valence-corrected chi connectivity index (χ0v) is 9.48. The van der Waals surface area contributed by atoms with Gasteiger partial charge in [0.1, 0.15) is 6.10 Å². The number of anilines is 1. The van der Waals surface area contributed by atoms with Crippen molar-refractivity contribution in [2.75, 3.05) is 12.3 Å². The predicted octanol–water partition coefficient (Wildman–Crippen LogP) is 1.03. The van der Waals surface area contributed by atoms with Crippen LogP contribution in [0.5, 0.6) is 0 Å². The van der Waals surface area contributed by atoms with E-state index >= 15 is 0 Å². The fraction of sp³-hybridized carbons (Fsp3) is 0.455. The van der Waals surface area contributed by atoms with E-state index in [0.717, 1.165) is 12.1 Å². The summed E-state index contributed by atoms with van der Waals surface area (Å²) < 4.78 is 38.3. The molecule has 0 fully saturated rings. The summed E-state index contributed by atoms with van der Waals surface area (Å²) in [7, 11) is 0. The molecule has 0 aliphatic carbocycles.